The van der Waals surface area contributed by atoms with Crippen molar-refractivity contribution in [1.82, 2.24) is 4.90 Å². The van der Waals surface area contributed by atoms with Crippen LogP contribution in [0.5, 0.6) is 0 Å². The van der Waals surface area contributed by atoms with Crippen LogP contribution in [0.1, 0.15) is 0 Å². The van der Waals surface area contributed by atoms with E-state index in [-0.39, 0.29) is 11.8 Å². The van der Waals surface area contributed by atoms with Gasteiger partial charge in [0.25, 0.3) is 0 Å². The molecule has 2 aliphatic rings. The summed E-state index contributed by atoms with van der Waals surface area (Å²) in [6, 6.07) is 0.461. The molecule has 1 fully saturated rings. The minimum absolute atomic E-state index is 0.264. The van der Waals surface area contributed by atoms with E-state index in [0.717, 1.165) is 0 Å². The van der Waals surface area contributed by atoms with Gasteiger partial charge in [-0.15, -0.1) is 0 Å². The summed E-state index contributed by atoms with van der Waals surface area (Å²) in [4.78, 5) is 12.5. The van der Waals surface area contributed by atoms with Crippen LogP contribution in [0.2, 0.25) is 0 Å². The molecule has 2 nitrogen and oxygen atoms in total. The van der Waals surface area contributed by atoms with Crippen LogP contribution < -0.4 is 0 Å². The zero-order valence-electron chi connectivity index (χ0n) is 4.66. The molecule has 1 heterocycles. The number of carbonyl (C=O) groups is 1. The lowest BCUT2D eigenvalue weighted by Gasteiger charge is -2.47. The van der Waals surface area contributed by atoms with E-state index in [1.54, 1.807) is 4.90 Å². The molecule has 1 saturated heterocycles. The summed E-state index contributed by atoms with van der Waals surface area (Å²) in [6.45, 7) is 0. The number of likely N-dealkylation sites (N-methyl/N-ethyl adjacent to an activating group) is 1. The fraction of sp³-hybridized carbons (Fsp3) is 0.500. The molecular weight excluding hydrogens is 102 g/mol. The average Bonchev–Trinajstić information content (AvgIpc) is 1.64. The summed E-state index contributed by atoms with van der Waals surface area (Å²) in [7, 11) is 1.84. The maximum atomic E-state index is 10.7. The smallest absolute Gasteiger partial charge is 0.232 e. The molecule has 42 valence electrons. The Labute approximate surface area is 47.8 Å². The molecule has 0 radical (unpaired) electrons. The zero-order valence-corrected chi connectivity index (χ0v) is 4.66. The second-order valence-electron chi connectivity index (χ2n) is 2.35. The fourth-order valence-corrected chi connectivity index (χ4v) is 1.22. The Bertz CT molecular complexity index is 173. The Kier molecular flexibility index (Phi) is 0.498. The number of likely N-dealkylation sites (tertiary alicyclic amines) is 1. The Hall–Kier alpha value is -0.790. The minimum atomic E-state index is 0.264. The van der Waals surface area contributed by atoms with E-state index in [1.807, 2.05) is 13.1 Å². The van der Waals surface area contributed by atoms with Crippen molar-refractivity contribution in [2.45, 2.75) is 6.04 Å². The lowest BCUT2D eigenvalue weighted by Crippen LogP contribution is -2.60. The number of nitrogens with zero attached hydrogens (tertiary/aromatic N) is 1. The van der Waals surface area contributed by atoms with Crippen LogP contribution in [0.25, 0.3) is 0 Å². The summed E-state index contributed by atoms with van der Waals surface area (Å²) < 4.78 is 0. The normalized spacial score (nSPS) is 40.6. The molecule has 0 saturated carbocycles. The van der Waals surface area contributed by atoms with E-state index in [1.165, 1.54) is 0 Å². The Balaban J connectivity index is 2.27. The van der Waals surface area contributed by atoms with Gasteiger partial charge in [-0.05, 0) is 0 Å². The topological polar surface area (TPSA) is 20.3 Å². The number of fused-ring (bicyclic) bond motifs is 1. The van der Waals surface area contributed by atoms with Crippen molar-refractivity contribution in [3.63, 3.8) is 0 Å². The summed E-state index contributed by atoms with van der Waals surface area (Å²) in [6.07, 6.45) is 4.03. The molecule has 2 heteroatoms. The first kappa shape index (κ1) is 4.13. The number of β-lactam (4-membered cyclic amide) rings is 1. The van der Waals surface area contributed by atoms with Gasteiger partial charge in [-0.1, -0.05) is 12.2 Å². The average molecular weight is 109 g/mol. The second-order valence-corrected chi connectivity index (χ2v) is 2.35. The van der Waals surface area contributed by atoms with Crippen LogP contribution in [0.4, 0.5) is 0 Å². The third-order valence-electron chi connectivity index (χ3n) is 1.96. The van der Waals surface area contributed by atoms with Gasteiger partial charge in [0, 0.05) is 7.05 Å². The number of amides is 1. The summed E-state index contributed by atoms with van der Waals surface area (Å²) in [5.74, 6) is 0.539. The number of hydrogen-bond donors (Lipinski definition) is 0. The van der Waals surface area contributed by atoms with Crippen molar-refractivity contribution in [3.05, 3.63) is 12.2 Å². The van der Waals surface area contributed by atoms with Gasteiger partial charge in [-0.2, -0.15) is 0 Å². The lowest BCUT2D eigenvalue weighted by molar-refractivity contribution is -0.149. The largest absolute Gasteiger partial charge is 0.338 e. The van der Waals surface area contributed by atoms with Crippen molar-refractivity contribution < 1.29 is 4.79 Å². The molecule has 0 bridgehead atoms. The Morgan fingerprint density at radius 2 is 2.38 bits per heavy atom. The number of hydrogen-bond acceptors (Lipinski definition) is 1. The second kappa shape index (κ2) is 0.966. The van der Waals surface area contributed by atoms with Gasteiger partial charge < -0.3 is 4.90 Å². The van der Waals surface area contributed by atoms with E-state index in [2.05, 4.69) is 6.08 Å². The molecular formula is C6H7NO. The van der Waals surface area contributed by atoms with Gasteiger partial charge in [0.05, 0.1) is 12.0 Å². The molecule has 1 aliphatic heterocycles. The number of carbonyl (C=O) groups excluding carboxylic acids is 1. The molecule has 2 atom stereocenters. The highest BCUT2D eigenvalue weighted by atomic mass is 16.2. The summed E-state index contributed by atoms with van der Waals surface area (Å²) in [5, 5.41) is 0. The third-order valence-corrected chi connectivity index (χ3v) is 1.96. The van der Waals surface area contributed by atoms with Crippen LogP contribution in [-0.4, -0.2) is 23.9 Å². The van der Waals surface area contributed by atoms with Gasteiger partial charge >= 0.3 is 0 Å². The maximum Gasteiger partial charge on any atom is 0.232 e. The highest BCUT2D eigenvalue weighted by Gasteiger charge is 2.46. The highest BCUT2D eigenvalue weighted by Crippen LogP contribution is 2.34. The molecule has 0 aromatic carbocycles. The number of rotatable bonds is 0. The monoisotopic (exact) mass is 109 g/mol. The predicted molar refractivity (Wildman–Crippen MR) is 29.2 cm³/mol. The van der Waals surface area contributed by atoms with E-state index in [0.29, 0.717) is 6.04 Å². The van der Waals surface area contributed by atoms with Gasteiger partial charge in [-0.3, -0.25) is 4.79 Å². The molecule has 0 aromatic rings. The van der Waals surface area contributed by atoms with Crippen molar-refractivity contribution in [2.24, 2.45) is 5.92 Å². The van der Waals surface area contributed by atoms with Crippen LogP contribution in [0, 0.1) is 5.92 Å². The first-order chi connectivity index (χ1) is 3.80. The molecule has 0 unspecified atom stereocenters. The summed E-state index contributed by atoms with van der Waals surface area (Å²) >= 11 is 0. The first-order valence-electron chi connectivity index (χ1n) is 2.76. The van der Waals surface area contributed by atoms with Gasteiger partial charge in [0.2, 0.25) is 5.91 Å². The van der Waals surface area contributed by atoms with E-state index < -0.39 is 0 Å². The van der Waals surface area contributed by atoms with Crippen molar-refractivity contribution in [2.75, 3.05) is 7.05 Å². The standard InChI is InChI=1S/C6H7NO/c1-7-5-3-2-4(5)6(7)8/h2-5H,1H3/t4-,5-/m0/s1. The maximum absolute atomic E-state index is 10.7. The minimum Gasteiger partial charge on any atom is -0.338 e. The van der Waals surface area contributed by atoms with Crippen LogP contribution in [0.3, 0.4) is 0 Å². The molecule has 1 amide bonds. The van der Waals surface area contributed by atoms with Crippen molar-refractivity contribution >= 4 is 5.91 Å². The third kappa shape index (κ3) is 0.226. The van der Waals surface area contributed by atoms with Gasteiger partial charge in [0.1, 0.15) is 0 Å². The summed E-state index contributed by atoms with van der Waals surface area (Å²) in [5.41, 5.74) is 0. The van der Waals surface area contributed by atoms with E-state index in [9.17, 15) is 4.79 Å². The Morgan fingerprint density at radius 3 is 2.50 bits per heavy atom. The van der Waals surface area contributed by atoms with E-state index in [4.69, 9.17) is 0 Å². The van der Waals surface area contributed by atoms with Crippen molar-refractivity contribution in [1.29, 1.82) is 0 Å². The molecule has 1 aliphatic carbocycles. The van der Waals surface area contributed by atoms with Crippen LogP contribution >= 0.6 is 0 Å². The van der Waals surface area contributed by atoms with Crippen LogP contribution in [-0.2, 0) is 4.79 Å². The van der Waals surface area contributed by atoms with Crippen LogP contribution in [0.15, 0.2) is 12.2 Å². The lowest BCUT2D eigenvalue weighted by atomic mass is 9.79. The van der Waals surface area contributed by atoms with Gasteiger partial charge in [0.15, 0.2) is 0 Å². The molecule has 0 aromatic heterocycles. The molecule has 0 N–H and O–H groups in total. The van der Waals surface area contributed by atoms with E-state index >= 15 is 0 Å². The quantitative estimate of drug-likeness (QED) is 0.317. The fourth-order valence-electron chi connectivity index (χ4n) is 1.22. The predicted octanol–water partition coefficient (Wildman–Crippen LogP) is 0.0130. The zero-order chi connectivity index (χ0) is 5.72. The first-order valence-corrected chi connectivity index (χ1v) is 2.76. The molecule has 8 heavy (non-hydrogen) atoms. The van der Waals surface area contributed by atoms with Crippen molar-refractivity contribution in [3.8, 4) is 0 Å². The highest BCUT2D eigenvalue weighted by molar-refractivity contribution is 5.90. The molecule has 2 rings (SSSR count). The van der Waals surface area contributed by atoms with Gasteiger partial charge in [-0.25, -0.2) is 0 Å². The Morgan fingerprint density at radius 1 is 1.62 bits per heavy atom. The SMILES string of the molecule is CN1C(=O)[C@H]2C=C[C@@H]21. The molecule has 0 spiro atoms.